The summed E-state index contributed by atoms with van der Waals surface area (Å²) in [4.78, 5) is 17.1. The average molecular weight is 411 g/mol. The molecule has 0 saturated heterocycles. The van der Waals surface area contributed by atoms with Gasteiger partial charge in [-0.25, -0.2) is 13.4 Å². The van der Waals surface area contributed by atoms with E-state index in [4.69, 9.17) is 39.5 Å². The third-order valence-corrected chi connectivity index (χ3v) is 4.57. The van der Waals surface area contributed by atoms with Crippen LogP contribution in [0.3, 0.4) is 0 Å². The molecule has 0 spiro atoms. The van der Waals surface area contributed by atoms with Crippen LogP contribution in [0, 0.1) is 0 Å². The van der Waals surface area contributed by atoms with Crippen LogP contribution in [0.2, 0.25) is 15.2 Å². The fourth-order valence-corrected chi connectivity index (χ4v) is 2.86. The zero-order valence-corrected chi connectivity index (χ0v) is 14.9. The molecule has 2 N–H and O–H groups in total. The number of nitrogens with one attached hydrogen (secondary N) is 2. The third-order valence-electron chi connectivity index (χ3n) is 2.59. The summed E-state index contributed by atoms with van der Waals surface area (Å²) < 4.78 is 29.0. The fraction of sp³-hybridized carbons (Fsp3) is 0.0769. The molecule has 2 aromatic rings. The maximum Gasteiger partial charge on any atom is 0.272 e. The Morgan fingerprint density at radius 3 is 2.54 bits per heavy atom. The zero-order chi connectivity index (χ0) is 17.7. The number of sulfonamides is 1. The third kappa shape index (κ3) is 5.22. The van der Waals surface area contributed by atoms with Gasteiger partial charge in [0.15, 0.2) is 6.61 Å². The lowest BCUT2D eigenvalue weighted by atomic mass is 10.3. The fourth-order valence-electron chi connectivity index (χ4n) is 1.48. The second-order valence-corrected chi connectivity index (χ2v) is 7.25. The number of benzene rings is 1. The summed E-state index contributed by atoms with van der Waals surface area (Å²) in [6, 6.07) is 7.03. The van der Waals surface area contributed by atoms with Gasteiger partial charge in [-0.15, -0.1) is 4.83 Å². The highest BCUT2D eigenvalue weighted by molar-refractivity contribution is 7.89. The molecular weight excluding hydrogens is 401 g/mol. The summed E-state index contributed by atoms with van der Waals surface area (Å²) >= 11 is 17.2. The van der Waals surface area contributed by atoms with Gasteiger partial charge in [-0.05, 0) is 30.3 Å². The minimum Gasteiger partial charge on any atom is -0.482 e. The molecule has 1 amide bonds. The molecule has 0 saturated carbocycles. The zero-order valence-electron chi connectivity index (χ0n) is 11.8. The van der Waals surface area contributed by atoms with Gasteiger partial charge in [0.25, 0.3) is 15.9 Å². The standard InChI is InChI=1S/C13H10Cl3N3O4S/c14-8-1-3-11(10(15)5-8)23-7-13(20)18-19-24(21,22)9-2-4-12(16)17-6-9/h1-6,19H,7H2,(H,18,20). The van der Waals surface area contributed by atoms with Crippen LogP contribution in [0.25, 0.3) is 0 Å². The maximum absolute atomic E-state index is 11.9. The first-order chi connectivity index (χ1) is 11.3. The van der Waals surface area contributed by atoms with E-state index in [9.17, 15) is 13.2 Å². The van der Waals surface area contributed by atoms with Gasteiger partial charge < -0.3 is 4.74 Å². The molecule has 2 rings (SSSR count). The first-order valence-corrected chi connectivity index (χ1v) is 8.90. The van der Waals surface area contributed by atoms with Crippen LogP contribution in [0.15, 0.2) is 41.4 Å². The number of rotatable bonds is 6. The lowest BCUT2D eigenvalue weighted by Gasteiger charge is -2.10. The number of ether oxygens (including phenoxy) is 1. The van der Waals surface area contributed by atoms with Crippen LogP contribution in [0.1, 0.15) is 0 Å². The normalized spacial score (nSPS) is 11.1. The number of hydrogen-bond donors (Lipinski definition) is 2. The predicted octanol–water partition coefficient (Wildman–Crippen LogP) is 2.43. The number of nitrogens with zero attached hydrogens (tertiary/aromatic N) is 1. The monoisotopic (exact) mass is 409 g/mol. The van der Waals surface area contributed by atoms with Crippen molar-refractivity contribution in [3.63, 3.8) is 0 Å². The molecule has 11 heteroatoms. The molecule has 0 bridgehead atoms. The highest BCUT2D eigenvalue weighted by Crippen LogP contribution is 2.27. The van der Waals surface area contributed by atoms with Crippen molar-refractivity contribution in [2.75, 3.05) is 6.61 Å². The predicted molar refractivity (Wildman–Crippen MR) is 89.7 cm³/mol. The largest absolute Gasteiger partial charge is 0.482 e. The van der Waals surface area contributed by atoms with E-state index in [1.54, 1.807) is 0 Å². The molecule has 0 aliphatic carbocycles. The average Bonchev–Trinajstić information content (AvgIpc) is 2.52. The summed E-state index contributed by atoms with van der Waals surface area (Å²) in [5.41, 5.74) is 2.01. The van der Waals surface area contributed by atoms with Crippen molar-refractivity contribution in [2.45, 2.75) is 4.90 Å². The number of carbonyl (C=O) groups is 1. The molecule has 24 heavy (non-hydrogen) atoms. The quantitative estimate of drug-likeness (QED) is 0.563. The minimum absolute atomic E-state index is 0.145. The lowest BCUT2D eigenvalue weighted by Crippen LogP contribution is -2.43. The van der Waals surface area contributed by atoms with Crippen molar-refractivity contribution in [3.05, 3.63) is 51.7 Å². The number of halogens is 3. The SMILES string of the molecule is O=C(COc1ccc(Cl)cc1Cl)NNS(=O)(=O)c1ccc(Cl)nc1. The number of carbonyl (C=O) groups excluding carboxylic acids is 1. The summed E-state index contributed by atoms with van der Waals surface area (Å²) in [5.74, 6) is -0.493. The molecule has 0 fully saturated rings. The van der Waals surface area contributed by atoms with Gasteiger partial charge >= 0.3 is 0 Å². The Hall–Kier alpha value is -1.58. The first kappa shape index (κ1) is 18.8. The Morgan fingerprint density at radius 1 is 1.17 bits per heavy atom. The molecule has 1 heterocycles. The van der Waals surface area contributed by atoms with E-state index in [0.717, 1.165) is 6.20 Å². The Labute approximate surface area is 152 Å². The number of hydrogen-bond acceptors (Lipinski definition) is 5. The molecule has 1 aromatic heterocycles. The molecule has 0 atom stereocenters. The van der Waals surface area contributed by atoms with E-state index in [1.165, 1.54) is 30.3 Å². The van der Waals surface area contributed by atoms with Crippen molar-refractivity contribution < 1.29 is 17.9 Å². The molecule has 7 nitrogen and oxygen atoms in total. The number of hydrazine groups is 1. The van der Waals surface area contributed by atoms with E-state index in [-0.39, 0.29) is 20.8 Å². The van der Waals surface area contributed by atoms with Crippen LogP contribution >= 0.6 is 34.8 Å². The Balaban J connectivity index is 1.89. The van der Waals surface area contributed by atoms with Gasteiger partial charge in [0, 0.05) is 11.2 Å². The second kappa shape index (κ2) is 8.00. The number of amides is 1. The summed E-state index contributed by atoms with van der Waals surface area (Å²) in [6.45, 7) is -0.456. The van der Waals surface area contributed by atoms with Crippen molar-refractivity contribution in [2.24, 2.45) is 0 Å². The van der Waals surface area contributed by atoms with Gasteiger partial charge in [-0.2, -0.15) is 0 Å². The summed E-state index contributed by atoms with van der Waals surface area (Å²) in [7, 11) is -3.97. The topological polar surface area (TPSA) is 97.4 Å². The van der Waals surface area contributed by atoms with E-state index < -0.39 is 22.5 Å². The van der Waals surface area contributed by atoms with Crippen LogP contribution in [-0.2, 0) is 14.8 Å². The van der Waals surface area contributed by atoms with Crippen LogP contribution < -0.4 is 15.0 Å². The van der Waals surface area contributed by atoms with Crippen molar-refractivity contribution in [3.8, 4) is 5.75 Å². The molecule has 0 unspecified atom stereocenters. The van der Waals surface area contributed by atoms with E-state index >= 15 is 0 Å². The van der Waals surface area contributed by atoms with Crippen molar-refractivity contribution in [1.29, 1.82) is 0 Å². The maximum atomic E-state index is 11.9. The highest BCUT2D eigenvalue weighted by Gasteiger charge is 2.16. The molecular formula is C13H10Cl3N3O4S. The first-order valence-electron chi connectivity index (χ1n) is 6.28. The highest BCUT2D eigenvalue weighted by atomic mass is 35.5. The van der Waals surface area contributed by atoms with Crippen molar-refractivity contribution in [1.82, 2.24) is 15.2 Å². The minimum atomic E-state index is -3.97. The molecule has 0 radical (unpaired) electrons. The van der Waals surface area contributed by atoms with Gasteiger partial charge in [-0.3, -0.25) is 10.2 Å². The van der Waals surface area contributed by atoms with Gasteiger partial charge in [0.1, 0.15) is 15.8 Å². The lowest BCUT2D eigenvalue weighted by molar-refractivity contribution is -0.123. The van der Waals surface area contributed by atoms with Gasteiger partial charge in [-0.1, -0.05) is 34.8 Å². The second-order valence-electron chi connectivity index (χ2n) is 4.33. The number of pyridine rings is 1. The molecule has 1 aromatic carbocycles. The Morgan fingerprint density at radius 2 is 1.92 bits per heavy atom. The van der Waals surface area contributed by atoms with Crippen LogP contribution in [-0.4, -0.2) is 25.9 Å². The molecule has 128 valence electrons. The van der Waals surface area contributed by atoms with Crippen LogP contribution in [0.5, 0.6) is 5.75 Å². The van der Waals surface area contributed by atoms with Gasteiger partial charge in [0.05, 0.1) is 5.02 Å². The van der Waals surface area contributed by atoms with Gasteiger partial charge in [0.2, 0.25) is 0 Å². The van der Waals surface area contributed by atoms with Crippen molar-refractivity contribution >= 4 is 50.7 Å². The van der Waals surface area contributed by atoms with Crippen LogP contribution in [0.4, 0.5) is 0 Å². The van der Waals surface area contributed by atoms with E-state index in [2.05, 4.69) is 4.98 Å². The summed E-state index contributed by atoms with van der Waals surface area (Å²) in [6.07, 6.45) is 1.06. The number of aromatic nitrogens is 1. The smallest absolute Gasteiger partial charge is 0.272 e. The van der Waals surface area contributed by atoms with E-state index in [0.29, 0.717) is 5.02 Å². The summed E-state index contributed by atoms with van der Waals surface area (Å²) in [5, 5.41) is 0.787. The Bertz CT molecular complexity index is 844. The Kier molecular flexibility index (Phi) is 6.25. The molecule has 0 aliphatic rings. The molecule has 0 aliphatic heterocycles. The van der Waals surface area contributed by atoms with E-state index in [1.807, 2.05) is 10.3 Å².